The fraction of sp³-hybridized carbons (Fsp3) is 0. The van der Waals surface area contributed by atoms with E-state index in [1.54, 1.807) is 12.1 Å². The van der Waals surface area contributed by atoms with Crippen molar-refractivity contribution in [2.24, 2.45) is 5.11 Å². The molecule has 64 valence electrons. The fourth-order valence-corrected chi connectivity index (χ4v) is 0.841. The molecule has 0 fully saturated rings. The molecule has 0 saturated carbocycles. The van der Waals surface area contributed by atoms with Crippen LogP contribution >= 0.6 is 0 Å². The van der Waals surface area contributed by atoms with Crippen LogP contribution in [0.25, 0.3) is 10.4 Å². The quantitative estimate of drug-likeness (QED) is 0.176. The molecule has 0 aliphatic rings. The van der Waals surface area contributed by atoms with E-state index in [2.05, 4.69) is 10.0 Å². The van der Waals surface area contributed by atoms with Crippen LogP contribution in [0.4, 0.5) is 5.69 Å². The molecule has 0 unspecified atom stereocenters. The zero-order valence-electron chi connectivity index (χ0n) is 6.54. The Kier molecular flexibility index (Phi) is 2.78. The van der Waals surface area contributed by atoms with Crippen LogP contribution in [0.2, 0.25) is 0 Å². The van der Waals surface area contributed by atoms with Gasteiger partial charge in [0.05, 0.1) is 0 Å². The van der Waals surface area contributed by atoms with Crippen LogP contribution in [0.5, 0.6) is 0 Å². The van der Waals surface area contributed by atoms with Gasteiger partial charge < -0.3 is 0 Å². The van der Waals surface area contributed by atoms with Gasteiger partial charge >= 0.3 is 0 Å². The highest BCUT2D eigenvalue weighted by atomic mass is 16.2. The number of benzene rings is 1. The molecule has 0 N–H and O–H groups in total. The molecule has 0 atom stereocenters. The van der Waals surface area contributed by atoms with E-state index in [1.807, 2.05) is 0 Å². The van der Waals surface area contributed by atoms with Crippen LogP contribution in [0.3, 0.4) is 0 Å². The van der Waals surface area contributed by atoms with Crippen molar-refractivity contribution >= 4 is 17.8 Å². The number of rotatable bonds is 3. The minimum Gasteiger partial charge on any atom is -0.294 e. The number of Topliss-reactive ketones (excluding diaryl/α,β-unsaturated/α-hetero) is 1. The maximum Gasteiger partial charge on any atom is 0.225 e. The molecule has 13 heavy (non-hydrogen) atoms. The van der Waals surface area contributed by atoms with Gasteiger partial charge in [0.2, 0.25) is 5.78 Å². The Morgan fingerprint density at radius 1 is 1.54 bits per heavy atom. The lowest BCUT2D eigenvalue weighted by Gasteiger charge is -1.94. The van der Waals surface area contributed by atoms with Gasteiger partial charge in [-0.1, -0.05) is 23.3 Å². The Labute approximate surface area is 73.6 Å². The summed E-state index contributed by atoms with van der Waals surface area (Å²) in [6.45, 7) is 0. The molecule has 1 rings (SSSR count). The van der Waals surface area contributed by atoms with E-state index >= 15 is 0 Å². The van der Waals surface area contributed by atoms with Crippen molar-refractivity contribution in [1.29, 1.82) is 0 Å². The van der Waals surface area contributed by atoms with Crippen LogP contribution in [-0.2, 0) is 4.79 Å². The summed E-state index contributed by atoms with van der Waals surface area (Å²) >= 11 is 0. The highest BCUT2D eigenvalue weighted by molar-refractivity contribution is 6.33. The Hall–Kier alpha value is -2.13. The molecule has 0 amide bonds. The van der Waals surface area contributed by atoms with Crippen LogP contribution < -0.4 is 0 Å². The summed E-state index contributed by atoms with van der Waals surface area (Å²) in [7, 11) is 0. The summed E-state index contributed by atoms with van der Waals surface area (Å²) in [5.74, 6) is -0.630. The normalized spacial score (nSPS) is 8.62. The first-order valence-corrected chi connectivity index (χ1v) is 3.42. The number of carbonyl (C=O) groups is 2. The lowest BCUT2D eigenvalue weighted by molar-refractivity contribution is -0.104. The van der Waals surface area contributed by atoms with Gasteiger partial charge in [-0.15, -0.1) is 0 Å². The second-order valence-corrected chi connectivity index (χ2v) is 2.22. The lowest BCUT2D eigenvalue weighted by Crippen LogP contribution is -1.98. The standard InChI is InChI=1S/C8H5N3O2/c9-11-10-7-3-1-2-6(4-7)8(13)5-12/h1-5H. The smallest absolute Gasteiger partial charge is 0.225 e. The zero-order valence-corrected chi connectivity index (χ0v) is 6.54. The predicted molar refractivity (Wildman–Crippen MR) is 45.6 cm³/mol. The molecule has 5 heteroatoms. The Balaban J connectivity index is 3.11. The zero-order chi connectivity index (χ0) is 9.68. The van der Waals surface area contributed by atoms with Gasteiger partial charge in [-0.05, 0) is 11.6 Å². The van der Waals surface area contributed by atoms with E-state index < -0.39 is 5.78 Å². The monoisotopic (exact) mass is 175 g/mol. The SMILES string of the molecule is [N-]=[N+]=Nc1cccc(C(=O)C=O)c1. The second kappa shape index (κ2) is 4.04. The highest BCUT2D eigenvalue weighted by Crippen LogP contribution is 2.13. The molecule has 0 aliphatic heterocycles. The van der Waals surface area contributed by atoms with Crippen molar-refractivity contribution in [1.82, 2.24) is 0 Å². The third kappa shape index (κ3) is 2.15. The molecule has 0 saturated heterocycles. The minimum absolute atomic E-state index is 0.217. The average molecular weight is 175 g/mol. The first-order valence-electron chi connectivity index (χ1n) is 3.42. The van der Waals surface area contributed by atoms with Crippen LogP contribution in [0, 0.1) is 0 Å². The molecular formula is C8H5N3O2. The fourth-order valence-electron chi connectivity index (χ4n) is 0.841. The number of hydrogen-bond acceptors (Lipinski definition) is 3. The van der Waals surface area contributed by atoms with E-state index in [0.717, 1.165) is 0 Å². The third-order valence-corrected chi connectivity index (χ3v) is 1.40. The third-order valence-electron chi connectivity index (χ3n) is 1.40. The van der Waals surface area contributed by atoms with Gasteiger partial charge in [-0.2, -0.15) is 0 Å². The first-order chi connectivity index (χ1) is 6.27. The number of carbonyl (C=O) groups excluding carboxylic acids is 2. The molecule has 1 aromatic rings. The maximum atomic E-state index is 10.9. The number of ketones is 1. The van der Waals surface area contributed by atoms with E-state index in [9.17, 15) is 9.59 Å². The van der Waals surface area contributed by atoms with Crippen molar-refractivity contribution in [3.63, 3.8) is 0 Å². The largest absolute Gasteiger partial charge is 0.294 e. The molecule has 0 heterocycles. The Bertz CT molecular complexity index is 394. The van der Waals surface area contributed by atoms with E-state index in [1.165, 1.54) is 12.1 Å². The lowest BCUT2D eigenvalue weighted by atomic mass is 10.1. The molecular weight excluding hydrogens is 170 g/mol. The summed E-state index contributed by atoms with van der Waals surface area (Å²) < 4.78 is 0. The van der Waals surface area contributed by atoms with E-state index in [-0.39, 0.29) is 11.8 Å². The van der Waals surface area contributed by atoms with Crippen molar-refractivity contribution in [3.8, 4) is 0 Å². The van der Waals surface area contributed by atoms with Gasteiger partial charge in [0.1, 0.15) is 0 Å². The maximum absolute atomic E-state index is 10.9. The summed E-state index contributed by atoms with van der Waals surface area (Å²) in [4.78, 5) is 23.5. The van der Waals surface area contributed by atoms with Crippen molar-refractivity contribution in [2.45, 2.75) is 0 Å². The van der Waals surface area contributed by atoms with Crippen molar-refractivity contribution in [2.75, 3.05) is 0 Å². The van der Waals surface area contributed by atoms with Crippen molar-refractivity contribution < 1.29 is 9.59 Å². The van der Waals surface area contributed by atoms with Crippen LogP contribution in [0.1, 0.15) is 10.4 Å². The number of azide groups is 1. The molecule has 1 aromatic carbocycles. The number of nitrogens with zero attached hydrogens (tertiary/aromatic N) is 3. The predicted octanol–water partition coefficient (Wildman–Crippen LogP) is 2.01. The second-order valence-electron chi connectivity index (χ2n) is 2.22. The van der Waals surface area contributed by atoms with Gasteiger partial charge in [0, 0.05) is 16.2 Å². The molecule has 0 aliphatic carbocycles. The number of hydrogen-bond donors (Lipinski definition) is 0. The summed E-state index contributed by atoms with van der Waals surface area (Å²) in [6, 6.07) is 5.92. The molecule has 0 aromatic heterocycles. The van der Waals surface area contributed by atoms with Crippen LogP contribution in [0.15, 0.2) is 29.4 Å². The van der Waals surface area contributed by atoms with Crippen molar-refractivity contribution in [3.05, 3.63) is 40.3 Å². The van der Waals surface area contributed by atoms with Gasteiger partial charge in [0.15, 0.2) is 6.29 Å². The summed E-state index contributed by atoms with van der Waals surface area (Å²) in [6.07, 6.45) is 0.217. The Morgan fingerprint density at radius 2 is 2.31 bits per heavy atom. The highest BCUT2D eigenvalue weighted by Gasteiger charge is 2.02. The van der Waals surface area contributed by atoms with E-state index in [0.29, 0.717) is 5.69 Å². The first kappa shape index (κ1) is 8.96. The average Bonchev–Trinajstić information content (AvgIpc) is 2.18. The molecule has 0 bridgehead atoms. The molecule has 5 nitrogen and oxygen atoms in total. The number of aldehydes is 1. The summed E-state index contributed by atoms with van der Waals surface area (Å²) in [5.41, 5.74) is 8.65. The Morgan fingerprint density at radius 3 is 2.92 bits per heavy atom. The molecule has 0 spiro atoms. The molecule has 0 radical (unpaired) electrons. The minimum atomic E-state index is -0.630. The topological polar surface area (TPSA) is 82.9 Å². The summed E-state index contributed by atoms with van der Waals surface area (Å²) in [5, 5.41) is 3.30. The van der Waals surface area contributed by atoms with Gasteiger partial charge in [0.25, 0.3) is 0 Å². The van der Waals surface area contributed by atoms with Gasteiger partial charge in [-0.3, -0.25) is 9.59 Å². The van der Waals surface area contributed by atoms with Gasteiger partial charge in [-0.25, -0.2) is 0 Å². The van der Waals surface area contributed by atoms with E-state index in [4.69, 9.17) is 5.53 Å². The van der Waals surface area contributed by atoms with Crippen LogP contribution in [-0.4, -0.2) is 12.1 Å².